The van der Waals surface area contributed by atoms with Gasteiger partial charge in [0.05, 0.1) is 28.5 Å². The first-order valence-electron chi connectivity index (χ1n) is 6.40. The molecule has 0 saturated carbocycles. The molecule has 0 spiro atoms. The molecule has 106 valence electrons. The van der Waals surface area contributed by atoms with E-state index in [9.17, 15) is 4.39 Å². The number of benzene rings is 1. The quantitative estimate of drug-likeness (QED) is 0.680. The highest BCUT2D eigenvalue weighted by Crippen LogP contribution is 2.21. The minimum atomic E-state index is -0.562. The molecule has 3 aromatic rings. The van der Waals surface area contributed by atoms with E-state index < -0.39 is 5.95 Å². The molecule has 2 heterocycles. The van der Waals surface area contributed by atoms with Crippen molar-refractivity contribution in [2.75, 3.05) is 0 Å². The number of halogens is 2. The third kappa shape index (κ3) is 3.00. The summed E-state index contributed by atoms with van der Waals surface area (Å²) in [6, 6.07) is 9.99. The minimum absolute atomic E-state index is 0.294. The summed E-state index contributed by atoms with van der Waals surface area (Å²) in [4.78, 5) is 8.12. The lowest BCUT2D eigenvalue weighted by atomic mass is 10.2. The van der Waals surface area contributed by atoms with Crippen LogP contribution in [-0.2, 0) is 6.54 Å². The number of hydrogen-bond acceptors (Lipinski definition) is 3. The van der Waals surface area contributed by atoms with E-state index in [4.69, 9.17) is 0 Å². The Kier molecular flexibility index (Phi) is 3.79. The lowest BCUT2D eigenvalue weighted by Crippen LogP contribution is -1.99. The maximum atomic E-state index is 13.7. The van der Waals surface area contributed by atoms with Crippen molar-refractivity contribution in [1.82, 2.24) is 19.7 Å². The second kappa shape index (κ2) is 5.73. The molecule has 0 aliphatic carbocycles. The number of nitrogens with zero attached hydrogens (tertiary/aromatic N) is 4. The summed E-state index contributed by atoms with van der Waals surface area (Å²) in [5.74, 6) is -0.221. The van der Waals surface area contributed by atoms with E-state index in [0.29, 0.717) is 28.1 Å². The predicted molar refractivity (Wildman–Crippen MR) is 81.2 cm³/mol. The molecular weight excluding hydrogens is 335 g/mol. The molecule has 0 aliphatic rings. The van der Waals surface area contributed by atoms with Gasteiger partial charge in [-0.15, -0.1) is 0 Å². The Morgan fingerprint density at radius 3 is 2.67 bits per heavy atom. The van der Waals surface area contributed by atoms with E-state index in [0.717, 1.165) is 5.56 Å². The normalized spacial score (nSPS) is 10.8. The van der Waals surface area contributed by atoms with Crippen LogP contribution in [0.25, 0.3) is 11.4 Å². The van der Waals surface area contributed by atoms with E-state index in [1.807, 2.05) is 36.5 Å². The van der Waals surface area contributed by atoms with Gasteiger partial charge in [0.2, 0.25) is 5.95 Å². The molecule has 0 bridgehead atoms. The molecular formula is C15H12BrFN4. The van der Waals surface area contributed by atoms with Crippen LogP contribution in [0.3, 0.4) is 0 Å². The van der Waals surface area contributed by atoms with Gasteiger partial charge in [0.1, 0.15) is 0 Å². The van der Waals surface area contributed by atoms with Crippen molar-refractivity contribution in [1.29, 1.82) is 0 Å². The van der Waals surface area contributed by atoms with Gasteiger partial charge in [-0.2, -0.15) is 14.5 Å². The Hall–Kier alpha value is -2.08. The Morgan fingerprint density at radius 1 is 1.19 bits per heavy atom. The third-order valence-electron chi connectivity index (χ3n) is 3.06. The Morgan fingerprint density at radius 2 is 1.95 bits per heavy atom. The molecule has 0 radical (unpaired) electrons. The van der Waals surface area contributed by atoms with Crippen molar-refractivity contribution in [3.8, 4) is 11.4 Å². The van der Waals surface area contributed by atoms with Crippen LogP contribution in [-0.4, -0.2) is 19.7 Å². The number of aromatic nitrogens is 4. The average Bonchev–Trinajstić information content (AvgIpc) is 2.94. The van der Waals surface area contributed by atoms with Crippen molar-refractivity contribution >= 4 is 15.9 Å². The van der Waals surface area contributed by atoms with Crippen molar-refractivity contribution in [3.63, 3.8) is 0 Å². The zero-order valence-electron chi connectivity index (χ0n) is 11.3. The maximum absolute atomic E-state index is 13.7. The third-order valence-corrected chi connectivity index (χ3v) is 3.96. The van der Waals surface area contributed by atoms with Crippen LogP contribution in [0.5, 0.6) is 0 Å². The summed E-state index contributed by atoms with van der Waals surface area (Å²) in [6.45, 7) is 2.38. The summed E-state index contributed by atoms with van der Waals surface area (Å²) in [5.41, 5.74) is 2.40. The summed E-state index contributed by atoms with van der Waals surface area (Å²) >= 11 is 3.11. The number of aryl methyl sites for hydroxylation is 1. The Labute approximate surface area is 129 Å². The van der Waals surface area contributed by atoms with E-state index in [1.165, 1.54) is 0 Å². The van der Waals surface area contributed by atoms with E-state index in [1.54, 1.807) is 17.8 Å². The monoisotopic (exact) mass is 346 g/mol. The maximum Gasteiger partial charge on any atom is 0.231 e. The summed E-state index contributed by atoms with van der Waals surface area (Å²) in [7, 11) is 0. The fraction of sp³-hybridized carbons (Fsp3) is 0.133. The van der Waals surface area contributed by atoms with Crippen molar-refractivity contribution in [2.24, 2.45) is 0 Å². The zero-order chi connectivity index (χ0) is 14.8. The molecule has 0 fully saturated rings. The average molecular weight is 347 g/mol. The van der Waals surface area contributed by atoms with Gasteiger partial charge in [-0.1, -0.05) is 30.3 Å². The second-order valence-corrected chi connectivity index (χ2v) is 5.44. The highest BCUT2D eigenvalue weighted by atomic mass is 79.9. The van der Waals surface area contributed by atoms with E-state index in [2.05, 4.69) is 31.0 Å². The van der Waals surface area contributed by atoms with Gasteiger partial charge in [-0.3, -0.25) is 4.68 Å². The van der Waals surface area contributed by atoms with Crippen molar-refractivity contribution in [2.45, 2.75) is 13.5 Å². The molecule has 0 amide bonds. The highest BCUT2D eigenvalue weighted by Gasteiger charge is 2.12. The van der Waals surface area contributed by atoms with Gasteiger partial charge in [0, 0.05) is 6.20 Å². The van der Waals surface area contributed by atoms with E-state index >= 15 is 0 Å². The van der Waals surface area contributed by atoms with Crippen molar-refractivity contribution < 1.29 is 4.39 Å². The first-order valence-corrected chi connectivity index (χ1v) is 7.19. The van der Waals surface area contributed by atoms with Crippen LogP contribution in [0, 0.1) is 12.9 Å². The molecule has 1 aromatic carbocycles. The van der Waals surface area contributed by atoms with Gasteiger partial charge in [0.25, 0.3) is 0 Å². The van der Waals surface area contributed by atoms with Crippen LogP contribution in [0.4, 0.5) is 4.39 Å². The van der Waals surface area contributed by atoms with Crippen molar-refractivity contribution in [3.05, 3.63) is 64.4 Å². The van der Waals surface area contributed by atoms with E-state index in [-0.39, 0.29) is 0 Å². The molecule has 0 aliphatic heterocycles. The molecule has 4 nitrogen and oxygen atoms in total. The minimum Gasteiger partial charge on any atom is -0.268 e. The summed E-state index contributed by atoms with van der Waals surface area (Å²) in [6.07, 6.45) is 3.46. The van der Waals surface area contributed by atoms with Gasteiger partial charge in [0.15, 0.2) is 5.82 Å². The fourth-order valence-electron chi connectivity index (χ4n) is 1.99. The van der Waals surface area contributed by atoms with Crippen LogP contribution in [0.1, 0.15) is 11.3 Å². The molecule has 0 atom stereocenters. The molecule has 0 unspecified atom stereocenters. The van der Waals surface area contributed by atoms with Gasteiger partial charge < -0.3 is 0 Å². The lowest BCUT2D eigenvalue weighted by molar-refractivity contribution is 0.571. The Bertz CT molecular complexity index is 747. The first-order chi connectivity index (χ1) is 10.1. The number of hydrogen-bond donors (Lipinski definition) is 0. The van der Waals surface area contributed by atoms with Crippen LogP contribution in [0.15, 0.2) is 47.2 Å². The second-order valence-electron chi connectivity index (χ2n) is 4.65. The summed E-state index contributed by atoms with van der Waals surface area (Å²) in [5, 5.41) is 4.27. The SMILES string of the molecule is Cc1nc(-c2cnn(Cc3ccccc3)c2)nc(F)c1Br. The summed E-state index contributed by atoms with van der Waals surface area (Å²) < 4.78 is 15.7. The highest BCUT2D eigenvalue weighted by molar-refractivity contribution is 9.10. The standard InChI is InChI=1S/C15H12BrFN4/c1-10-13(16)14(17)20-15(19-10)12-7-18-21(9-12)8-11-5-3-2-4-6-11/h2-7,9H,8H2,1H3. The Balaban J connectivity index is 1.88. The molecule has 6 heteroatoms. The van der Waals surface area contributed by atoms with Gasteiger partial charge in [-0.05, 0) is 28.4 Å². The van der Waals surface area contributed by atoms with Crippen LogP contribution in [0.2, 0.25) is 0 Å². The van der Waals surface area contributed by atoms with Crippen LogP contribution < -0.4 is 0 Å². The smallest absolute Gasteiger partial charge is 0.231 e. The van der Waals surface area contributed by atoms with Gasteiger partial charge >= 0.3 is 0 Å². The molecule has 21 heavy (non-hydrogen) atoms. The molecule has 0 N–H and O–H groups in total. The van der Waals surface area contributed by atoms with Crippen LogP contribution >= 0.6 is 15.9 Å². The molecule has 3 rings (SSSR count). The topological polar surface area (TPSA) is 43.6 Å². The first kappa shape index (κ1) is 13.9. The molecule has 2 aromatic heterocycles. The largest absolute Gasteiger partial charge is 0.268 e. The van der Waals surface area contributed by atoms with Gasteiger partial charge in [-0.25, -0.2) is 4.98 Å². The lowest BCUT2D eigenvalue weighted by Gasteiger charge is -2.02. The fourth-order valence-corrected chi connectivity index (χ4v) is 2.17. The zero-order valence-corrected chi connectivity index (χ0v) is 12.9. The number of rotatable bonds is 3. The predicted octanol–water partition coefficient (Wildman–Crippen LogP) is 3.60. The molecule has 0 saturated heterocycles.